The number of anilines is 1. The number of pyridine rings is 1. The minimum atomic E-state index is -3.50. The highest BCUT2D eigenvalue weighted by molar-refractivity contribution is 7.89. The van der Waals surface area contributed by atoms with Crippen molar-refractivity contribution in [1.82, 2.24) is 9.71 Å². The number of sulfonamides is 1. The topological polar surface area (TPSA) is 97.1 Å². The summed E-state index contributed by atoms with van der Waals surface area (Å²) in [6, 6.07) is 2.92. The Kier molecular flexibility index (Phi) is 6.20. The molecule has 19 heavy (non-hydrogen) atoms. The van der Waals surface area contributed by atoms with Crippen LogP contribution >= 0.6 is 0 Å². The fourth-order valence-electron chi connectivity index (χ4n) is 1.72. The van der Waals surface area contributed by atoms with E-state index in [1.54, 1.807) is 0 Å². The van der Waals surface area contributed by atoms with Gasteiger partial charge in [-0.25, -0.2) is 24.0 Å². The number of nitrogens with two attached hydrogens (primary N) is 1. The molecule has 108 valence electrons. The van der Waals surface area contributed by atoms with E-state index in [-0.39, 0.29) is 10.9 Å². The summed E-state index contributed by atoms with van der Waals surface area (Å²) in [6.45, 7) is 3.99. The van der Waals surface area contributed by atoms with Crippen molar-refractivity contribution in [2.45, 2.75) is 50.5 Å². The molecular formula is C12H22N4O2S. The number of rotatable bonds is 8. The van der Waals surface area contributed by atoms with E-state index in [9.17, 15) is 8.42 Å². The van der Waals surface area contributed by atoms with Crippen LogP contribution in [0, 0.1) is 0 Å². The Morgan fingerprint density at radius 1 is 1.37 bits per heavy atom. The molecule has 0 aliphatic carbocycles. The summed E-state index contributed by atoms with van der Waals surface area (Å²) >= 11 is 0. The van der Waals surface area contributed by atoms with E-state index in [0.717, 1.165) is 25.7 Å². The van der Waals surface area contributed by atoms with Crippen LogP contribution in [0.25, 0.3) is 0 Å². The third kappa shape index (κ3) is 5.14. The molecule has 0 aliphatic heterocycles. The lowest BCUT2D eigenvalue weighted by atomic mass is 10.1. The van der Waals surface area contributed by atoms with Crippen LogP contribution < -0.4 is 16.0 Å². The van der Waals surface area contributed by atoms with Crippen LogP contribution in [0.4, 0.5) is 5.82 Å². The molecule has 7 heteroatoms. The van der Waals surface area contributed by atoms with E-state index in [4.69, 9.17) is 5.84 Å². The van der Waals surface area contributed by atoms with Crippen LogP contribution in [0.1, 0.15) is 39.5 Å². The molecule has 0 radical (unpaired) electrons. The lowest BCUT2D eigenvalue weighted by molar-refractivity contribution is 0.527. The highest BCUT2D eigenvalue weighted by Crippen LogP contribution is 2.12. The van der Waals surface area contributed by atoms with Gasteiger partial charge in [0.2, 0.25) is 10.0 Å². The van der Waals surface area contributed by atoms with E-state index in [1.165, 1.54) is 18.3 Å². The zero-order valence-electron chi connectivity index (χ0n) is 11.4. The first kappa shape index (κ1) is 15.9. The molecule has 0 saturated heterocycles. The molecule has 1 aromatic rings. The third-order valence-electron chi connectivity index (χ3n) is 2.79. The van der Waals surface area contributed by atoms with Crippen molar-refractivity contribution in [3.63, 3.8) is 0 Å². The summed E-state index contributed by atoms with van der Waals surface area (Å²) in [4.78, 5) is 4.04. The van der Waals surface area contributed by atoms with E-state index in [0.29, 0.717) is 5.82 Å². The first-order valence-electron chi connectivity index (χ1n) is 6.44. The Morgan fingerprint density at radius 2 is 2.11 bits per heavy atom. The smallest absolute Gasteiger partial charge is 0.242 e. The third-order valence-corrected chi connectivity index (χ3v) is 4.37. The predicted octanol–water partition coefficient (Wildman–Crippen LogP) is 1.61. The highest BCUT2D eigenvalue weighted by Gasteiger charge is 2.17. The molecule has 0 amide bonds. The first-order chi connectivity index (χ1) is 8.99. The van der Waals surface area contributed by atoms with E-state index in [2.05, 4.69) is 22.1 Å². The Hall–Kier alpha value is -1.18. The highest BCUT2D eigenvalue weighted by atomic mass is 32.2. The van der Waals surface area contributed by atoms with Gasteiger partial charge in [-0.2, -0.15) is 0 Å². The lowest BCUT2D eigenvalue weighted by Crippen LogP contribution is -2.32. The van der Waals surface area contributed by atoms with Crippen molar-refractivity contribution in [1.29, 1.82) is 0 Å². The Balaban J connectivity index is 2.63. The molecule has 0 bridgehead atoms. The summed E-state index contributed by atoms with van der Waals surface area (Å²) in [7, 11) is -3.50. The van der Waals surface area contributed by atoms with Crippen molar-refractivity contribution < 1.29 is 8.42 Å². The van der Waals surface area contributed by atoms with Crippen LogP contribution in [0.3, 0.4) is 0 Å². The van der Waals surface area contributed by atoms with Gasteiger partial charge >= 0.3 is 0 Å². The Bertz CT molecular complexity index is 473. The van der Waals surface area contributed by atoms with E-state index in [1.807, 2.05) is 6.92 Å². The number of hydrazine groups is 1. The number of nitrogens with zero attached hydrogens (tertiary/aromatic N) is 1. The van der Waals surface area contributed by atoms with Crippen molar-refractivity contribution in [2.75, 3.05) is 5.43 Å². The van der Waals surface area contributed by atoms with Crippen LogP contribution in [0.15, 0.2) is 23.2 Å². The van der Waals surface area contributed by atoms with Gasteiger partial charge in [0, 0.05) is 12.2 Å². The second kappa shape index (κ2) is 7.42. The van der Waals surface area contributed by atoms with Crippen LogP contribution in [-0.4, -0.2) is 19.4 Å². The summed E-state index contributed by atoms with van der Waals surface area (Å²) in [5.41, 5.74) is 2.35. The minimum Gasteiger partial charge on any atom is -0.308 e. The number of hydrogen-bond donors (Lipinski definition) is 3. The number of unbranched alkanes of at least 4 members (excludes halogenated alkanes) is 2. The molecule has 6 nitrogen and oxygen atoms in total. The van der Waals surface area contributed by atoms with Crippen LogP contribution in [-0.2, 0) is 10.0 Å². The lowest BCUT2D eigenvalue weighted by Gasteiger charge is -2.14. The maximum atomic E-state index is 12.1. The fraction of sp³-hybridized carbons (Fsp3) is 0.583. The van der Waals surface area contributed by atoms with Gasteiger partial charge in [-0.15, -0.1) is 0 Å². The van der Waals surface area contributed by atoms with Gasteiger partial charge in [0.15, 0.2) is 0 Å². The van der Waals surface area contributed by atoms with E-state index < -0.39 is 10.0 Å². The normalized spacial score (nSPS) is 13.2. The average molecular weight is 286 g/mol. The molecule has 0 spiro atoms. The second-order valence-electron chi connectivity index (χ2n) is 4.54. The molecule has 1 rings (SSSR count). The molecule has 0 saturated carbocycles. The Labute approximate surface area is 114 Å². The van der Waals surface area contributed by atoms with Gasteiger partial charge in [0.25, 0.3) is 0 Å². The number of hydrogen-bond acceptors (Lipinski definition) is 5. The van der Waals surface area contributed by atoms with Crippen molar-refractivity contribution in [3.05, 3.63) is 18.3 Å². The van der Waals surface area contributed by atoms with Crippen molar-refractivity contribution in [3.8, 4) is 0 Å². The summed E-state index contributed by atoms with van der Waals surface area (Å²) in [6.07, 6.45) is 5.38. The molecule has 1 unspecified atom stereocenters. The molecular weight excluding hydrogens is 264 g/mol. The predicted molar refractivity (Wildman–Crippen MR) is 76.0 cm³/mol. The monoisotopic (exact) mass is 286 g/mol. The number of nitrogen functional groups attached to an aromatic ring is 1. The number of aromatic nitrogens is 1. The maximum Gasteiger partial charge on any atom is 0.242 e. The van der Waals surface area contributed by atoms with Crippen LogP contribution in [0.2, 0.25) is 0 Å². The first-order valence-corrected chi connectivity index (χ1v) is 7.93. The number of nitrogens with one attached hydrogen (secondary N) is 2. The fourth-order valence-corrected chi connectivity index (χ4v) is 2.94. The molecule has 0 aromatic carbocycles. The molecule has 0 aliphatic rings. The van der Waals surface area contributed by atoms with Gasteiger partial charge < -0.3 is 5.43 Å². The van der Waals surface area contributed by atoms with Gasteiger partial charge in [0.1, 0.15) is 10.7 Å². The molecule has 4 N–H and O–H groups in total. The summed E-state index contributed by atoms with van der Waals surface area (Å²) in [5.74, 6) is 5.61. The molecule has 1 heterocycles. The van der Waals surface area contributed by atoms with Crippen molar-refractivity contribution >= 4 is 15.8 Å². The zero-order valence-corrected chi connectivity index (χ0v) is 12.2. The van der Waals surface area contributed by atoms with Gasteiger partial charge in [-0.05, 0) is 25.5 Å². The Morgan fingerprint density at radius 3 is 2.63 bits per heavy atom. The SMILES string of the molecule is CCCCCC(C)NS(=O)(=O)c1ccc(NN)nc1. The maximum absolute atomic E-state index is 12.1. The second-order valence-corrected chi connectivity index (χ2v) is 6.26. The van der Waals surface area contributed by atoms with Gasteiger partial charge in [0.05, 0.1) is 0 Å². The van der Waals surface area contributed by atoms with Gasteiger partial charge in [-0.1, -0.05) is 26.2 Å². The quantitative estimate of drug-likeness (QED) is 0.383. The molecule has 1 atom stereocenters. The summed E-state index contributed by atoms with van der Waals surface area (Å²) in [5, 5.41) is 0. The largest absolute Gasteiger partial charge is 0.308 e. The molecule has 0 fully saturated rings. The minimum absolute atomic E-state index is 0.0798. The van der Waals surface area contributed by atoms with Crippen LogP contribution in [0.5, 0.6) is 0 Å². The summed E-state index contributed by atoms with van der Waals surface area (Å²) < 4.78 is 26.8. The van der Waals surface area contributed by atoms with E-state index >= 15 is 0 Å². The standard InChI is InChI=1S/C12H22N4O2S/c1-3-4-5-6-10(2)16-19(17,18)11-7-8-12(15-13)14-9-11/h7-10,16H,3-6,13H2,1-2H3,(H,14,15). The van der Waals surface area contributed by atoms with Gasteiger partial charge in [-0.3, -0.25) is 0 Å². The average Bonchev–Trinajstić information content (AvgIpc) is 2.38. The van der Waals surface area contributed by atoms with Crippen molar-refractivity contribution in [2.24, 2.45) is 5.84 Å². The zero-order chi connectivity index (χ0) is 14.3. The molecule has 1 aromatic heterocycles.